The molecule has 0 saturated heterocycles. The Balaban J connectivity index is 1.62. The molecule has 0 saturated carbocycles. The molecule has 24 heavy (non-hydrogen) atoms. The fourth-order valence-electron chi connectivity index (χ4n) is 2.54. The van der Waals surface area contributed by atoms with Crippen LogP contribution in [-0.4, -0.2) is 24.5 Å². The molecule has 3 aromatic rings. The molecule has 1 aliphatic heterocycles. The van der Waals surface area contributed by atoms with E-state index in [-0.39, 0.29) is 12.4 Å². The average molecular weight is 342 g/mol. The summed E-state index contributed by atoms with van der Waals surface area (Å²) in [4.78, 5) is 16.5. The van der Waals surface area contributed by atoms with Crippen LogP contribution in [0, 0.1) is 0 Å². The predicted molar refractivity (Wildman–Crippen MR) is 90.0 cm³/mol. The van der Waals surface area contributed by atoms with Gasteiger partial charge in [0.15, 0.2) is 11.7 Å². The summed E-state index contributed by atoms with van der Waals surface area (Å²) in [7, 11) is 1.59. The molecule has 0 bridgehead atoms. The Bertz CT molecular complexity index is 886. The smallest absolute Gasteiger partial charge is 0.203 e. The highest BCUT2D eigenvalue weighted by Gasteiger charge is 2.25. The highest BCUT2D eigenvalue weighted by atomic mass is 32.1. The number of rotatable bonds is 5. The van der Waals surface area contributed by atoms with Crippen molar-refractivity contribution in [1.82, 2.24) is 4.98 Å². The monoisotopic (exact) mass is 342 g/mol. The quantitative estimate of drug-likeness (QED) is 0.764. The summed E-state index contributed by atoms with van der Waals surface area (Å²) >= 11 is 1.48. The van der Waals surface area contributed by atoms with Crippen LogP contribution in [0.2, 0.25) is 0 Å². The van der Waals surface area contributed by atoms with Crippen molar-refractivity contribution in [3.05, 3.63) is 47.2 Å². The van der Waals surface area contributed by atoms with Crippen LogP contribution in [0.1, 0.15) is 16.1 Å². The summed E-state index contributed by atoms with van der Waals surface area (Å²) < 4.78 is 16.1. The van der Waals surface area contributed by atoms with Crippen molar-refractivity contribution < 1.29 is 18.7 Å². The van der Waals surface area contributed by atoms with Gasteiger partial charge in [-0.1, -0.05) is 0 Å². The number of nitrogens with one attached hydrogen (secondary N) is 1. The number of carbonyl (C=O) groups is 1. The Morgan fingerprint density at radius 2 is 2.29 bits per heavy atom. The van der Waals surface area contributed by atoms with E-state index in [0.29, 0.717) is 23.6 Å². The number of ketones is 1. The fraction of sp³-hybridized carbons (Fsp3) is 0.176. The number of fused-ring (bicyclic) bond motifs is 1. The van der Waals surface area contributed by atoms with Crippen molar-refractivity contribution in [1.29, 1.82) is 0 Å². The standard InChI is InChI=1S/C17H14N2O4S/c1-21-15-6-16-12(14(20)8-23-16)5-11(15)13-9-24-17(19-13)18-7-10-3-2-4-22-10/h2-6,9H,7-8H2,1H3,(H,18,19). The van der Waals surface area contributed by atoms with Crippen molar-refractivity contribution in [3.8, 4) is 22.8 Å². The summed E-state index contributed by atoms with van der Waals surface area (Å²) in [5, 5.41) is 5.91. The zero-order valence-electron chi connectivity index (χ0n) is 12.9. The number of aromatic nitrogens is 1. The molecular formula is C17H14N2O4S. The number of hydrogen-bond donors (Lipinski definition) is 1. The molecule has 0 amide bonds. The van der Waals surface area contributed by atoms with Gasteiger partial charge in [0.25, 0.3) is 0 Å². The first-order chi connectivity index (χ1) is 11.7. The third kappa shape index (κ3) is 2.63. The minimum Gasteiger partial charge on any atom is -0.496 e. The molecule has 0 aliphatic carbocycles. The van der Waals surface area contributed by atoms with E-state index in [1.54, 1.807) is 25.5 Å². The van der Waals surface area contributed by atoms with Gasteiger partial charge in [0.1, 0.15) is 17.3 Å². The van der Waals surface area contributed by atoms with Gasteiger partial charge in [-0.05, 0) is 18.2 Å². The second kappa shape index (κ2) is 6.01. The van der Waals surface area contributed by atoms with Gasteiger partial charge in [-0.2, -0.15) is 0 Å². The highest BCUT2D eigenvalue weighted by molar-refractivity contribution is 7.14. The van der Waals surface area contributed by atoms with Crippen LogP contribution in [0.25, 0.3) is 11.3 Å². The molecule has 0 atom stereocenters. The lowest BCUT2D eigenvalue weighted by Crippen LogP contribution is -1.99. The van der Waals surface area contributed by atoms with Gasteiger partial charge in [-0.3, -0.25) is 4.79 Å². The summed E-state index contributed by atoms with van der Waals surface area (Å²) in [5.74, 6) is 2.00. The molecule has 0 spiro atoms. The third-order valence-corrected chi connectivity index (χ3v) is 4.53. The SMILES string of the molecule is COc1cc2c(cc1-c1csc(NCc3ccco3)n1)C(=O)CO2. The second-order valence-electron chi connectivity index (χ2n) is 5.23. The number of anilines is 1. The number of carbonyl (C=O) groups excluding carboxylic acids is 1. The molecule has 2 aromatic heterocycles. The summed E-state index contributed by atoms with van der Waals surface area (Å²) in [6.07, 6.45) is 1.64. The maximum Gasteiger partial charge on any atom is 0.203 e. The zero-order chi connectivity index (χ0) is 16.5. The van der Waals surface area contributed by atoms with Crippen molar-refractivity contribution in [3.63, 3.8) is 0 Å². The van der Waals surface area contributed by atoms with Crippen LogP contribution < -0.4 is 14.8 Å². The summed E-state index contributed by atoms with van der Waals surface area (Å²) in [6, 6.07) is 7.27. The molecule has 1 aliphatic rings. The molecule has 4 rings (SSSR count). The molecule has 3 heterocycles. The first-order valence-corrected chi connectivity index (χ1v) is 8.23. The molecule has 7 heteroatoms. The van der Waals surface area contributed by atoms with Crippen molar-refractivity contribution in [2.24, 2.45) is 0 Å². The Labute approximate surface area is 142 Å². The molecule has 0 fully saturated rings. The fourth-order valence-corrected chi connectivity index (χ4v) is 3.25. The lowest BCUT2D eigenvalue weighted by molar-refractivity contribution is 0.0961. The number of thiazole rings is 1. The normalized spacial score (nSPS) is 12.8. The molecule has 6 nitrogen and oxygen atoms in total. The first kappa shape index (κ1) is 14.8. The minimum absolute atomic E-state index is 0.0275. The molecule has 1 aromatic carbocycles. The van der Waals surface area contributed by atoms with Crippen LogP contribution in [0.5, 0.6) is 11.5 Å². The summed E-state index contributed by atoms with van der Waals surface area (Å²) in [6.45, 7) is 0.641. The van der Waals surface area contributed by atoms with E-state index >= 15 is 0 Å². The second-order valence-corrected chi connectivity index (χ2v) is 6.09. The maximum atomic E-state index is 11.9. The molecule has 1 N–H and O–H groups in total. The molecular weight excluding hydrogens is 328 g/mol. The Kier molecular flexibility index (Phi) is 3.70. The van der Waals surface area contributed by atoms with E-state index in [0.717, 1.165) is 22.1 Å². The maximum absolute atomic E-state index is 11.9. The number of ether oxygens (including phenoxy) is 2. The van der Waals surface area contributed by atoms with Crippen LogP contribution in [0.15, 0.2) is 40.3 Å². The van der Waals surface area contributed by atoms with Crippen molar-refractivity contribution in [2.45, 2.75) is 6.54 Å². The van der Waals surface area contributed by atoms with Crippen LogP contribution in [0.3, 0.4) is 0 Å². The van der Waals surface area contributed by atoms with E-state index in [1.165, 1.54) is 11.3 Å². The van der Waals surface area contributed by atoms with Gasteiger partial charge in [0.05, 0.1) is 31.2 Å². The van der Waals surface area contributed by atoms with Crippen molar-refractivity contribution in [2.75, 3.05) is 19.0 Å². The van der Waals surface area contributed by atoms with E-state index in [2.05, 4.69) is 10.3 Å². The topological polar surface area (TPSA) is 73.6 Å². The van der Waals surface area contributed by atoms with Crippen LogP contribution >= 0.6 is 11.3 Å². The lowest BCUT2D eigenvalue weighted by Gasteiger charge is -2.08. The van der Waals surface area contributed by atoms with Gasteiger partial charge in [0, 0.05) is 17.0 Å². The first-order valence-electron chi connectivity index (χ1n) is 7.35. The van der Waals surface area contributed by atoms with Crippen LogP contribution in [-0.2, 0) is 6.54 Å². The van der Waals surface area contributed by atoms with Crippen LogP contribution in [0.4, 0.5) is 5.13 Å². The Hall–Kier alpha value is -2.80. The third-order valence-electron chi connectivity index (χ3n) is 3.73. The van der Waals surface area contributed by atoms with Gasteiger partial charge in [-0.25, -0.2) is 4.98 Å². The van der Waals surface area contributed by atoms with Gasteiger partial charge in [-0.15, -0.1) is 11.3 Å². The van der Waals surface area contributed by atoms with E-state index in [4.69, 9.17) is 13.9 Å². The van der Waals surface area contributed by atoms with E-state index in [9.17, 15) is 4.79 Å². The van der Waals surface area contributed by atoms with E-state index < -0.39 is 0 Å². The van der Waals surface area contributed by atoms with Gasteiger partial charge in [0.2, 0.25) is 5.78 Å². The predicted octanol–water partition coefficient (Wildman–Crippen LogP) is 3.60. The molecule has 122 valence electrons. The highest BCUT2D eigenvalue weighted by Crippen LogP contribution is 2.39. The van der Waals surface area contributed by atoms with Crippen molar-refractivity contribution >= 4 is 22.3 Å². The minimum atomic E-state index is -0.0275. The Morgan fingerprint density at radius 1 is 1.38 bits per heavy atom. The average Bonchev–Trinajstić information content (AvgIpc) is 3.33. The lowest BCUT2D eigenvalue weighted by atomic mass is 10.0. The van der Waals surface area contributed by atoms with E-state index in [1.807, 2.05) is 17.5 Å². The molecule has 0 unspecified atom stereocenters. The zero-order valence-corrected chi connectivity index (χ0v) is 13.7. The largest absolute Gasteiger partial charge is 0.496 e. The van der Waals surface area contributed by atoms with Gasteiger partial charge >= 0.3 is 0 Å². The number of Topliss-reactive ketones (excluding diaryl/α,β-unsaturated/α-hetero) is 1. The number of benzene rings is 1. The Morgan fingerprint density at radius 3 is 3.08 bits per heavy atom. The summed E-state index contributed by atoms with van der Waals surface area (Å²) in [5.41, 5.74) is 2.10. The number of furan rings is 1. The number of nitrogens with zero attached hydrogens (tertiary/aromatic N) is 1. The molecule has 0 radical (unpaired) electrons. The number of methoxy groups -OCH3 is 1. The number of hydrogen-bond acceptors (Lipinski definition) is 7. The van der Waals surface area contributed by atoms with Gasteiger partial charge < -0.3 is 19.2 Å².